The Morgan fingerprint density at radius 1 is 1.21 bits per heavy atom. The fourth-order valence-electron chi connectivity index (χ4n) is 4.67. The number of carbonyl (C=O) groups is 3. The quantitative estimate of drug-likeness (QED) is 0.549. The lowest BCUT2D eigenvalue weighted by Gasteiger charge is -2.43. The predicted molar refractivity (Wildman–Crippen MR) is 119 cm³/mol. The molecule has 1 atom stereocenters. The van der Waals surface area contributed by atoms with E-state index in [1.54, 1.807) is 19.9 Å². The van der Waals surface area contributed by atoms with Crippen molar-refractivity contribution in [1.82, 2.24) is 15.1 Å². The van der Waals surface area contributed by atoms with Gasteiger partial charge in [0.1, 0.15) is 17.1 Å². The van der Waals surface area contributed by atoms with Crippen molar-refractivity contribution in [3.63, 3.8) is 0 Å². The highest BCUT2D eigenvalue weighted by Gasteiger charge is 2.49. The number of hydrogen-bond donors (Lipinski definition) is 1. The van der Waals surface area contributed by atoms with Crippen LogP contribution in [-0.2, 0) is 16.1 Å². The van der Waals surface area contributed by atoms with Crippen LogP contribution in [0.4, 0.5) is 10.1 Å². The zero-order valence-electron chi connectivity index (χ0n) is 19.0. The van der Waals surface area contributed by atoms with Crippen LogP contribution in [0, 0.1) is 5.82 Å². The molecule has 1 aromatic heterocycles. The van der Waals surface area contributed by atoms with Crippen molar-refractivity contribution >= 4 is 23.5 Å². The third kappa shape index (κ3) is 4.49. The molecule has 2 aliphatic rings. The Morgan fingerprint density at radius 3 is 2.61 bits per heavy atom. The Morgan fingerprint density at radius 2 is 1.94 bits per heavy atom. The van der Waals surface area contributed by atoms with Crippen LogP contribution in [0.5, 0.6) is 0 Å². The number of carbonyl (C=O) groups excluding carboxylic acids is 3. The standard InChI is InChI=1S/C24H29FN4O4/c1-3-33-22(31)19-14-20-21(30)29(18-12-8-9-16(25)13-18)24(2,15-28(20)27-19)23(32)26-17-10-6-4-5-7-11-17/h8-9,12-14,17H,3-7,10-11,15H2,1-2H3,(H,26,32)/t24-/m1/s1. The number of anilines is 1. The van der Waals surface area contributed by atoms with Crippen LogP contribution in [0.2, 0.25) is 0 Å². The second-order valence-corrected chi connectivity index (χ2v) is 8.85. The maximum atomic E-state index is 14.1. The number of esters is 1. The molecule has 1 aliphatic carbocycles. The Kier molecular flexibility index (Phi) is 6.49. The minimum atomic E-state index is -1.37. The second kappa shape index (κ2) is 9.33. The number of ether oxygens (including phenoxy) is 1. The summed E-state index contributed by atoms with van der Waals surface area (Å²) in [6.45, 7) is 3.52. The van der Waals surface area contributed by atoms with Crippen molar-refractivity contribution in [2.24, 2.45) is 0 Å². The summed E-state index contributed by atoms with van der Waals surface area (Å²) < 4.78 is 20.5. The zero-order valence-corrected chi connectivity index (χ0v) is 19.0. The van der Waals surface area contributed by atoms with E-state index in [4.69, 9.17) is 4.74 Å². The van der Waals surface area contributed by atoms with Crippen LogP contribution < -0.4 is 10.2 Å². The lowest BCUT2D eigenvalue weighted by atomic mass is 9.93. The summed E-state index contributed by atoms with van der Waals surface area (Å²) in [6, 6.07) is 6.98. The number of amides is 2. The van der Waals surface area contributed by atoms with Gasteiger partial charge in [0.2, 0.25) is 5.91 Å². The fourth-order valence-corrected chi connectivity index (χ4v) is 4.67. The summed E-state index contributed by atoms with van der Waals surface area (Å²) in [6.07, 6.45) is 6.14. The first-order chi connectivity index (χ1) is 15.8. The summed E-state index contributed by atoms with van der Waals surface area (Å²) in [7, 11) is 0. The number of halogens is 1. The number of aromatic nitrogens is 2. The van der Waals surface area contributed by atoms with Crippen molar-refractivity contribution in [1.29, 1.82) is 0 Å². The van der Waals surface area contributed by atoms with E-state index in [1.807, 2.05) is 0 Å². The lowest BCUT2D eigenvalue weighted by Crippen LogP contribution is -2.65. The molecule has 2 aromatic rings. The summed E-state index contributed by atoms with van der Waals surface area (Å²) in [5.41, 5.74) is -0.971. The summed E-state index contributed by atoms with van der Waals surface area (Å²) in [4.78, 5) is 40.8. The molecular formula is C24H29FN4O4. The van der Waals surface area contributed by atoms with Gasteiger partial charge in [-0.25, -0.2) is 9.18 Å². The average Bonchev–Trinajstić information content (AvgIpc) is 3.03. The second-order valence-electron chi connectivity index (χ2n) is 8.85. The van der Waals surface area contributed by atoms with E-state index in [1.165, 1.54) is 33.8 Å². The van der Waals surface area contributed by atoms with Crippen molar-refractivity contribution in [2.75, 3.05) is 11.5 Å². The van der Waals surface area contributed by atoms with E-state index in [2.05, 4.69) is 10.4 Å². The predicted octanol–water partition coefficient (Wildman–Crippen LogP) is 3.46. The Bertz CT molecular complexity index is 1060. The molecule has 2 heterocycles. The zero-order chi connectivity index (χ0) is 23.6. The van der Waals surface area contributed by atoms with Gasteiger partial charge in [0.15, 0.2) is 5.69 Å². The van der Waals surface area contributed by atoms with Crippen LogP contribution in [0.1, 0.15) is 73.3 Å². The smallest absolute Gasteiger partial charge is 0.358 e. The monoisotopic (exact) mass is 456 g/mol. The molecule has 0 saturated heterocycles. The van der Waals surface area contributed by atoms with Crippen LogP contribution >= 0.6 is 0 Å². The third-order valence-electron chi connectivity index (χ3n) is 6.38. The maximum Gasteiger partial charge on any atom is 0.358 e. The van der Waals surface area contributed by atoms with E-state index in [-0.39, 0.29) is 42.2 Å². The number of nitrogens with zero attached hydrogens (tertiary/aromatic N) is 3. The van der Waals surface area contributed by atoms with Gasteiger partial charge in [0.25, 0.3) is 5.91 Å². The molecule has 9 heteroatoms. The van der Waals surface area contributed by atoms with E-state index < -0.39 is 23.2 Å². The van der Waals surface area contributed by atoms with E-state index in [9.17, 15) is 18.8 Å². The van der Waals surface area contributed by atoms with Crippen molar-refractivity contribution in [3.8, 4) is 0 Å². The van der Waals surface area contributed by atoms with E-state index >= 15 is 0 Å². The first-order valence-electron chi connectivity index (χ1n) is 11.5. The number of rotatable bonds is 5. The fraction of sp³-hybridized carbons (Fsp3) is 0.500. The molecule has 2 amide bonds. The Hall–Kier alpha value is -3.23. The summed E-state index contributed by atoms with van der Waals surface area (Å²) >= 11 is 0. The largest absolute Gasteiger partial charge is 0.461 e. The molecule has 0 bridgehead atoms. The average molecular weight is 457 g/mol. The van der Waals surface area contributed by atoms with Crippen molar-refractivity contribution in [3.05, 3.63) is 47.5 Å². The SMILES string of the molecule is CCOC(=O)c1cc2n(n1)C[C@](C)(C(=O)NC1CCCCCC1)N(c1cccc(F)c1)C2=O. The van der Waals surface area contributed by atoms with Gasteiger partial charge < -0.3 is 10.1 Å². The normalized spacial score (nSPS) is 21.3. The molecule has 1 fully saturated rings. The highest BCUT2D eigenvalue weighted by Crippen LogP contribution is 2.33. The van der Waals surface area contributed by atoms with Gasteiger partial charge in [-0.05, 0) is 44.9 Å². The molecule has 4 rings (SSSR count). The minimum absolute atomic E-state index is 0.00665. The highest BCUT2D eigenvalue weighted by molar-refractivity contribution is 6.12. The molecule has 8 nitrogen and oxygen atoms in total. The molecular weight excluding hydrogens is 427 g/mol. The van der Waals surface area contributed by atoms with Gasteiger partial charge in [0, 0.05) is 17.8 Å². The third-order valence-corrected chi connectivity index (χ3v) is 6.38. The van der Waals surface area contributed by atoms with Gasteiger partial charge in [-0.3, -0.25) is 19.2 Å². The first-order valence-corrected chi connectivity index (χ1v) is 11.5. The first kappa shape index (κ1) is 22.9. The number of fused-ring (bicyclic) bond motifs is 1. The van der Waals surface area contributed by atoms with Crippen molar-refractivity contribution in [2.45, 2.75) is 70.5 Å². The van der Waals surface area contributed by atoms with Crippen molar-refractivity contribution < 1.29 is 23.5 Å². The van der Waals surface area contributed by atoms with Crippen LogP contribution in [0.15, 0.2) is 30.3 Å². The van der Waals surface area contributed by atoms with Gasteiger partial charge in [-0.2, -0.15) is 5.10 Å². The van der Waals surface area contributed by atoms with E-state index in [0.29, 0.717) is 0 Å². The summed E-state index contributed by atoms with van der Waals surface area (Å²) in [5.74, 6) is -2.02. The molecule has 1 aliphatic heterocycles. The van der Waals surface area contributed by atoms with Gasteiger partial charge >= 0.3 is 5.97 Å². The Balaban J connectivity index is 1.73. The molecule has 0 spiro atoms. The maximum absolute atomic E-state index is 14.1. The molecule has 33 heavy (non-hydrogen) atoms. The molecule has 176 valence electrons. The molecule has 0 unspecified atom stereocenters. The van der Waals surface area contributed by atoms with E-state index in [0.717, 1.165) is 38.5 Å². The van der Waals surface area contributed by atoms with Gasteiger partial charge in [-0.1, -0.05) is 31.7 Å². The van der Waals surface area contributed by atoms with Gasteiger partial charge in [0.05, 0.1) is 13.2 Å². The number of nitrogens with one attached hydrogen (secondary N) is 1. The van der Waals surface area contributed by atoms with Crippen LogP contribution in [0.3, 0.4) is 0 Å². The van der Waals surface area contributed by atoms with Crippen LogP contribution in [0.25, 0.3) is 0 Å². The topological polar surface area (TPSA) is 93.5 Å². The highest BCUT2D eigenvalue weighted by atomic mass is 19.1. The molecule has 1 N–H and O–H groups in total. The lowest BCUT2D eigenvalue weighted by molar-refractivity contribution is -0.127. The molecule has 1 saturated carbocycles. The number of benzene rings is 1. The van der Waals surface area contributed by atoms with Gasteiger partial charge in [-0.15, -0.1) is 0 Å². The molecule has 1 aromatic carbocycles. The summed E-state index contributed by atoms with van der Waals surface area (Å²) in [5, 5.41) is 7.37. The Labute approximate surface area is 192 Å². The van der Waals surface area contributed by atoms with Crippen LogP contribution in [-0.4, -0.2) is 45.8 Å². The number of hydrogen-bond acceptors (Lipinski definition) is 5. The molecule has 0 radical (unpaired) electrons. The minimum Gasteiger partial charge on any atom is -0.461 e.